The van der Waals surface area contributed by atoms with Crippen molar-refractivity contribution in [1.82, 2.24) is 14.7 Å². The van der Waals surface area contributed by atoms with Crippen LogP contribution >= 0.6 is 35.0 Å². The smallest absolute Gasteiger partial charge is 0.253 e. The number of carbonyl (C=O) groups excluding carboxylic acids is 2. The molecular weight excluding hydrogens is 501 g/mol. The molecule has 2 heterocycles. The van der Waals surface area contributed by atoms with Crippen molar-refractivity contribution in [1.29, 1.82) is 0 Å². The minimum atomic E-state index is 0.0604. The molecule has 0 aliphatic carbocycles. The highest BCUT2D eigenvalue weighted by Gasteiger charge is 2.37. The molecule has 0 spiro atoms. The number of nitrogens with zero attached hydrogens (tertiary/aromatic N) is 3. The first kappa shape index (κ1) is 24.2. The Morgan fingerprint density at radius 3 is 1.94 bits per heavy atom. The van der Waals surface area contributed by atoms with Gasteiger partial charge in [0.15, 0.2) is 0 Å². The summed E-state index contributed by atoms with van der Waals surface area (Å²) in [7, 11) is 0. The third-order valence-electron chi connectivity index (χ3n) is 6.52. The predicted octanol–water partition coefficient (Wildman–Crippen LogP) is 5.43. The Morgan fingerprint density at radius 1 is 0.686 bits per heavy atom. The Hall–Kier alpha value is -2.51. The summed E-state index contributed by atoms with van der Waals surface area (Å²) in [6, 6.07) is 23.0. The summed E-state index contributed by atoms with van der Waals surface area (Å²) in [5, 5.41) is 1.06. The second-order valence-corrected chi connectivity index (χ2v) is 10.7. The molecule has 0 aromatic heterocycles. The quantitative estimate of drug-likeness (QED) is 0.445. The zero-order valence-corrected chi connectivity index (χ0v) is 21.4. The summed E-state index contributed by atoms with van der Waals surface area (Å²) in [5.74, 6) is 0.154. The summed E-state index contributed by atoms with van der Waals surface area (Å²) in [6.07, 6.45) is 0. The average molecular weight is 526 g/mol. The Labute approximate surface area is 219 Å². The first-order valence-electron chi connectivity index (χ1n) is 11.6. The van der Waals surface area contributed by atoms with Crippen molar-refractivity contribution in [2.75, 3.05) is 39.3 Å². The van der Waals surface area contributed by atoms with Gasteiger partial charge in [-0.25, -0.2) is 0 Å². The molecule has 2 aliphatic heterocycles. The van der Waals surface area contributed by atoms with Crippen LogP contribution in [-0.2, 0) is 0 Å². The second-order valence-electron chi connectivity index (χ2n) is 8.76. The molecule has 0 bridgehead atoms. The van der Waals surface area contributed by atoms with Gasteiger partial charge in [-0.3, -0.25) is 14.5 Å². The number of carbonyl (C=O) groups is 2. The Morgan fingerprint density at radius 2 is 1.29 bits per heavy atom. The summed E-state index contributed by atoms with van der Waals surface area (Å²) in [5.41, 5.74) is 1.43. The molecule has 0 N–H and O–H groups in total. The highest BCUT2D eigenvalue weighted by Crippen LogP contribution is 2.33. The molecule has 0 atom stereocenters. The number of piperazine rings is 1. The average Bonchev–Trinajstić information content (AvgIpc) is 2.86. The van der Waals surface area contributed by atoms with Crippen LogP contribution in [0.2, 0.25) is 10.0 Å². The van der Waals surface area contributed by atoms with Gasteiger partial charge >= 0.3 is 0 Å². The van der Waals surface area contributed by atoms with Crippen LogP contribution in [0.25, 0.3) is 0 Å². The van der Waals surface area contributed by atoms with Crippen molar-refractivity contribution in [3.05, 3.63) is 94.0 Å². The molecule has 35 heavy (non-hydrogen) atoms. The van der Waals surface area contributed by atoms with Gasteiger partial charge in [0.2, 0.25) is 0 Å². The first-order valence-corrected chi connectivity index (χ1v) is 13.2. The van der Waals surface area contributed by atoms with E-state index < -0.39 is 0 Å². The maximum Gasteiger partial charge on any atom is 0.253 e. The normalized spacial score (nSPS) is 16.7. The van der Waals surface area contributed by atoms with E-state index in [9.17, 15) is 9.59 Å². The molecule has 3 aromatic rings. The number of likely N-dealkylation sites (tertiary alicyclic amines) is 1. The first-order chi connectivity index (χ1) is 17.0. The van der Waals surface area contributed by atoms with Gasteiger partial charge in [0.1, 0.15) is 0 Å². The zero-order valence-electron chi connectivity index (χ0n) is 19.1. The third kappa shape index (κ3) is 5.51. The van der Waals surface area contributed by atoms with Crippen LogP contribution < -0.4 is 0 Å². The number of halogens is 2. The highest BCUT2D eigenvalue weighted by atomic mass is 35.5. The van der Waals surface area contributed by atoms with E-state index in [1.807, 2.05) is 76.5 Å². The molecule has 2 saturated heterocycles. The fourth-order valence-corrected chi connectivity index (χ4v) is 5.65. The standard InChI is InChI=1S/C27H25Cl2N3O2S/c28-24-11-10-23(16-25(24)29)35-22-8-6-20(7-9-22)27(34)32-17-21(18-32)30-12-14-31(15-13-30)26(33)19-4-2-1-3-5-19/h1-11,16,21H,12-15,17-18H2. The van der Waals surface area contributed by atoms with E-state index in [-0.39, 0.29) is 11.8 Å². The molecule has 0 saturated carbocycles. The highest BCUT2D eigenvalue weighted by molar-refractivity contribution is 7.99. The van der Waals surface area contributed by atoms with Crippen LogP contribution in [0.15, 0.2) is 82.6 Å². The van der Waals surface area contributed by atoms with Gasteiger partial charge in [0.05, 0.1) is 10.0 Å². The summed E-state index contributed by atoms with van der Waals surface area (Å²) >= 11 is 13.7. The van der Waals surface area contributed by atoms with Crippen LogP contribution in [-0.4, -0.2) is 71.8 Å². The maximum absolute atomic E-state index is 12.9. The molecule has 5 rings (SSSR count). The van der Waals surface area contributed by atoms with Gasteiger partial charge in [0, 0.05) is 66.2 Å². The van der Waals surface area contributed by atoms with Crippen molar-refractivity contribution in [2.45, 2.75) is 15.8 Å². The third-order valence-corrected chi connectivity index (χ3v) is 8.25. The van der Waals surface area contributed by atoms with Crippen LogP contribution in [0.5, 0.6) is 0 Å². The van der Waals surface area contributed by atoms with Gasteiger partial charge in [0.25, 0.3) is 11.8 Å². The topological polar surface area (TPSA) is 43.9 Å². The van der Waals surface area contributed by atoms with E-state index in [4.69, 9.17) is 23.2 Å². The van der Waals surface area contributed by atoms with Gasteiger partial charge in [-0.2, -0.15) is 0 Å². The van der Waals surface area contributed by atoms with Gasteiger partial charge in [-0.1, -0.05) is 53.2 Å². The molecule has 0 unspecified atom stereocenters. The zero-order chi connectivity index (χ0) is 24.4. The minimum absolute atomic E-state index is 0.0604. The molecule has 5 nitrogen and oxygen atoms in total. The van der Waals surface area contributed by atoms with E-state index in [1.54, 1.807) is 17.8 Å². The lowest BCUT2D eigenvalue weighted by atomic mass is 10.0. The number of rotatable bonds is 5. The van der Waals surface area contributed by atoms with Crippen LogP contribution in [0, 0.1) is 0 Å². The van der Waals surface area contributed by atoms with E-state index in [0.717, 1.165) is 54.6 Å². The Balaban J connectivity index is 1.09. The molecule has 0 radical (unpaired) electrons. The minimum Gasteiger partial charge on any atom is -0.336 e. The molecule has 2 amide bonds. The van der Waals surface area contributed by atoms with Crippen molar-refractivity contribution >= 4 is 46.8 Å². The van der Waals surface area contributed by atoms with E-state index >= 15 is 0 Å². The fraction of sp³-hybridized carbons (Fsp3) is 0.259. The molecule has 3 aromatic carbocycles. The molecule has 2 fully saturated rings. The van der Waals surface area contributed by atoms with Gasteiger partial charge < -0.3 is 9.80 Å². The second kappa shape index (κ2) is 10.6. The van der Waals surface area contributed by atoms with Gasteiger partial charge in [-0.05, 0) is 54.6 Å². The lowest BCUT2D eigenvalue weighted by Gasteiger charge is -2.48. The summed E-state index contributed by atoms with van der Waals surface area (Å²) in [6.45, 7) is 4.57. The molecule has 8 heteroatoms. The molecule has 2 aliphatic rings. The van der Waals surface area contributed by atoms with Crippen LogP contribution in [0.4, 0.5) is 0 Å². The van der Waals surface area contributed by atoms with Crippen molar-refractivity contribution < 1.29 is 9.59 Å². The maximum atomic E-state index is 12.9. The van der Waals surface area contributed by atoms with E-state index in [0.29, 0.717) is 21.7 Å². The van der Waals surface area contributed by atoms with Crippen molar-refractivity contribution in [2.24, 2.45) is 0 Å². The molecular formula is C27H25Cl2N3O2S. The lowest BCUT2D eigenvalue weighted by molar-refractivity contribution is 0.00853. The molecule has 180 valence electrons. The number of benzene rings is 3. The van der Waals surface area contributed by atoms with E-state index in [2.05, 4.69) is 4.90 Å². The number of hydrogen-bond acceptors (Lipinski definition) is 4. The summed E-state index contributed by atoms with van der Waals surface area (Å²) in [4.78, 5) is 33.8. The van der Waals surface area contributed by atoms with Crippen molar-refractivity contribution in [3.63, 3.8) is 0 Å². The fourth-order valence-electron chi connectivity index (χ4n) is 4.43. The van der Waals surface area contributed by atoms with Crippen LogP contribution in [0.3, 0.4) is 0 Å². The lowest BCUT2D eigenvalue weighted by Crippen LogP contribution is -2.64. The number of amides is 2. The predicted molar refractivity (Wildman–Crippen MR) is 141 cm³/mol. The number of hydrogen-bond donors (Lipinski definition) is 0. The van der Waals surface area contributed by atoms with E-state index in [1.165, 1.54) is 0 Å². The Bertz CT molecular complexity index is 1210. The van der Waals surface area contributed by atoms with Crippen LogP contribution in [0.1, 0.15) is 20.7 Å². The Kier molecular flexibility index (Phi) is 7.35. The largest absolute Gasteiger partial charge is 0.336 e. The summed E-state index contributed by atoms with van der Waals surface area (Å²) < 4.78 is 0. The monoisotopic (exact) mass is 525 g/mol. The van der Waals surface area contributed by atoms with Gasteiger partial charge in [-0.15, -0.1) is 0 Å². The SMILES string of the molecule is O=C(c1ccccc1)N1CCN(C2CN(C(=O)c3ccc(Sc4ccc(Cl)c(Cl)c4)cc3)C2)CC1. The van der Waals surface area contributed by atoms with Crippen molar-refractivity contribution in [3.8, 4) is 0 Å².